The molecule has 1 saturated carbocycles. The summed E-state index contributed by atoms with van der Waals surface area (Å²) < 4.78 is 12.9. The van der Waals surface area contributed by atoms with E-state index in [0.29, 0.717) is 12.5 Å². The number of hydrogen-bond donors (Lipinski definition) is 2. The van der Waals surface area contributed by atoms with Crippen molar-refractivity contribution in [1.82, 2.24) is 0 Å². The molecule has 0 bridgehead atoms. The summed E-state index contributed by atoms with van der Waals surface area (Å²) in [5, 5.41) is 3.53. The van der Waals surface area contributed by atoms with Crippen LogP contribution in [0.25, 0.3) is 0 Å². The zero-order chi connectivity index (χ0) is 12.3. The second-order valence-electron chi connectivity index (χ2n) is 5.14. The number of halogens is 1. The Kier molecular flexibility index (Phi) is 3.67. The number of rotatable bonds is 3. The molecule has 2 rings (SSSR count). The average molecular weight is 236 g/mol. The van der Waals surface area contributed by atoms with Crippen LogP contribution in [-0.2, 0) is 0 Å². The summed E-state index contributed by atoms with van der Waals surface area (Å²) in [5.41, 5.74) is 6.92. The highest BCUT2D eigenvalue weighted by molar-refractivity contribution is 5.46. The topological polar surface area (TPSA) is 38.0 Å². The molecular formula is C14H21FN2. The number of hydrogen-bond acceptors (Lipinski definition) is 2. The first kappa shape index (κ1) is 12.4. The van der Waals surface area contributed by atoms with Crippen molar-refractivity contribution < 1.29 is 4.39 Å². The predicted molar refractivity (Wildman–Crippen MR) is 69.4 cm³/mol. The summed E-state index contributed by atoms with van der Waals surface area (Å²) in [6.07, 6.45) is 4.82. The summed E-state index contributed by atoms with van der Waals surface area (Å²) in [4.78, 5) is 0. The third kappa shape index (κ3) is 2.60. The van der Waals surface area contributed by atoms with Crippen LogP contribution in [0.2, 0.25) is 0 Å². The lowest BCUT2D eigenvalue weighted by atomic mass is 9.73. The van der Waals surface area contributed by atoms with Gasteiger partial charge in [0.1, 0.15) is 5.82 Å². The van der Waals surface area contributed by atoms with E-state index in [1.807, 2.05) is 0 Å². The van der Waals surface area contributed by atoms with Crippen LogP contribution < -0.4 is 11.1 Å². The molecule has 1 aliphatic rings. The van der Waals surface area contributed by atoms with Gasteiger partial charge in [-0.2, -0.15) is 0 Å². The molecule has 0 radical (unpaired) electrons. The van der Waals surface area contributed by atoms with Crippen molar-refractivity contribution in [3.05, 3.63) is 30.1 Å². The van der Waals surface area contributed by atoms with Gasteiger partial charge in [-0.25, -0.2) is 4.39 Å². The number of benzene rings is 1. The van der Waals surface area contributed by atoms with E-state index in [-0.39, 0.29) is 11.4 Å². The molecule has 3 N–H and O–H groups in total. The Labute approximate surface area is 102 Å². The van der Waals surface area contributed by atoms with Crippen LogP contribution >= 0.6 is 0 Å². The van der Waals surface area contributed by atoms with Gasteiger partial charge in [0.15, 0.2) is 0 Å². The van der Waals surface area contributed by atoms with Gasteiger partial charge in [-0.05, 0) is 43.0 Å². The normalized spacial score (nSPS) is 29.0. The third-order valence-electron chi connectivity index (χ3n) is 4.06. The lowest BCUT2D eigenvalue weighted by Gasteiger charge is -2.43. The SMILES string of the molecule is CC1CCCCC1(CN)Nc1ccc(F)cc1. The monoisotopic (exact) mass is 236 g/mol. The van der Waals surface area contributed by atoms with Gasteiger partial charge in [-0.15, -0.1) is 0 Å². The summed E-state index contributed by atoms with van der Waals surface area (Å²) in [6, 6.07) is 6.54. The van der Waals surface area contributed by atoms with Crippen molar-refractivity contribution >= 4 is 5.69 Å². The average Bonchev–Trinajstić information content (AvgIpc) is 2.35. The molecular weight excluding hydrogens is 215 g/mol. The lowest BCUT2D eigenvalue weighted by Crippen LogP contribution is -2.52. The van der Waals surface area contributed by atoms with Crippen LogP contribution in [0, 0.1) is 11.7 Å². The first-order chi connectivity index (χ1) is 8.16. The lowest BCUT2D eigenvalue weighted by molar-refractivity contribution is 0.235. The minimum Gasteiger partial charge on any atom is -0.378 e. The van der Waals surface area contributed by atoms with Gasteiger partial charge in [0.25, 0.3) is 0 Å². The standard InChI is InChI=1S/C14H21FN2/c1-11-4-2-3-9-14(11,10-16)17-13-7-5-12(15)6-8-13/h5-8,11,17H,2-4,9-10,16H2,1H3. The molecule has 3 heteroatoms. The second kappa shape index (κ2) is 5.05. The molecule has 2 unspecified atom stereocenters. The molecule has 1 aliphatic carbocycles. The molecule has 1 aromatic rings. The third-order valence-corrected chi connectivity index (χ3v) is 4.06. The van der Waals surface area contributed by atoms with Crippen molar-refractivity contribution in [2.24, 2.45) is 11.7 Å². The molecule has 94 valence electrons. The maximum absolute atomic E-state index is 12.9. The molecule has 1 aromatic carbocycles. The number of anilines is 1. The highest BCUT2D eigenvalue weighted by Gasteiger charge is 2.36. The van der Waals surface area contributed by atoms with E-state index in [1.165, 1.54) is 31.4 Å². The van der Waals surface area contributed by atoms with Crippen molar-refractivity contribution in [2.45, 2.75) is 38.1 Å². The van der Waals surface area contributed by atoms with Gasteiger partial charge in [-0.1, -0.05) is 19.8 Å². The minimum atomic E-state index is -0.200. The smallest absolute Gasteiger partial charge is 0.123 e. The van der Waals surface area contributed by atoms with Gasteiger partial charge in [-0.3, -0.25) is 0 Å². The number of nitrogens with two attached hydrogens (primary N) is 1. The van der Waals surface area contributed by atoms with Crippen LogP contribution in [0.3, 0.4) is 0 Å². The largest absolute Gasteiger partial charge is 0.378 e. The van der Waals surface area contributed by atoms with Crippen LogP contribution in [0.15, 0.2) is 24.3 Å². The first-order valence-electron chi connectivity index (χ1n) is 6.40. The zero-order valence-corrected chi connectivity index (χ0v) is 10.4. The Morgan fingerprint density at radius 3 is 2.65 bits per heavy atom. The van der Waals surface area contributed by atoms with Crippen molar-refractivity contribution in [3.63, 3.8) is 0 Å². The van der Waals surface area contributed by atoms with E-state index in [0.717, 1.165) is 12.1 Å². The predicted octanol–water partition coefficient (Wildman–Crippen LogP) is 3.15. The Bertz CT molecular complexity index is 363. The van der Waals surface area contributed by atoms with Gasteiger partial charge >= 0.3 is 0 Å². The molecule has 0 aromatic heterocycles. The van der Waals surface area contributed by atoms with Crippen LogP contribution in [0.4, 0.5) is 10.1 Å². The molecule has 0 heterocycles. The van der Waals surface area contributed by atoms with Gasteiger partial charge in [0, 0.05) is 12.2 Å². The summed E-state index contributed by atoms with van der Waals surface area (Å²) in [6.45, 7) is 2.88. The van der Waals surface area contributed by atoms with E-state index >= 15 is 0 Å². The van der Waals surface area contributed by atoms with E-state index in [2.05, 4.69) is 12.2 Å². The summed E-state index contributed by atoms with van der Waals surface area (Å²) in [7, 11) is 0. The fourth-order valence-electron chi connectivity index (χ4n) is 2.77. The fraction of sp³-hybridized carbons (Fsp3) is 0.571. The van der Waals surface area contributed by atoms with Crippen molar-refractivity contribution in [2.75, 3.05) is 11.9 Å². The Hall–Kier alpha value is -1.09. The van der Waals surface area contributed by atoms with Gasteiger partial charge in [0.2, 0.25) is 0 Å². The van der Waals surface area contributed by atoms with Crippen LogP contribution in [0.1, 0.15) is 32.6 Å². The second-order valence-corrected chi connectivity index (χ2v) is 5.14. The Morgan fingerprint density at radius 2 is 2.06 bits per heavy atom. The molecule has 0 aliphatic heterocycles. The van der Waals surface area contributed by atoms with Crippen LogP contribution in [-0.4, -0.2) is 12.1 Å². The molecule has 2 nitrogen and oxygen atoms in total. The fourth-order valence-corrected chi connectivity index (χ4v) is 2.77. The minimum absolute atomic E-state index is 0.0178. The summed E-state index contributed by atoms with van der Waals surface area (Å²) >= 11 is 0. The van der Waals surface area contributed by atoms with E-state index < -0.39 is 0 Å². The van der Waals surface area contributed by atoms with E-state index in [4.69, 9.17) is 5.73 Å². The Morgan fingerprint density at radius 1 is 1.35 bits per heavy atom. The highest BCUT2D eigenvalue weighted by atomic mass is 19.1. The zero-order valence-electron chi connectivity index (χ0n) is 10.4. The van der Waals surface area contributed by atoms with E-state index in [9.17, 15) is 4.39 Å². The van der Waals surface area contributed by atoms with Gasteiger partial charge in [0.05, 0.1) is 5.54 Å². The quantitative estimate of drug-likeness (QED) is 0.846. The molecule has 0 saturated heterocycles. The molecule has 1 fully saturated rings. The summed E-state index contributed by atoms with van der Waals surface area (Å²) in [5.74, 6) is 0.361. The maximum atomic E-state index is 12.9. The molecule has 0 amide bonds. The van der Waals surface area contributed by atoms with Crippen molar-refractivity contribution in [3.8, 4) is 0 Å². The van der Waals surface area contributed by atoms with E-state index in [1.54, 1.807) is 12.1 Å². The maximum Gasteiger partial charge on any atom is 0.123 e. The Balaban J connectivity index is 2.15. The van der Waals surface area contributed by atoms with Gasteiger partial charge < -0.3 is 11.1 Å². The molecule has 0 spiro atoms. The van der Waals surface area contributed by atoms with Crippen LogP contribution in [0.5, 0.6) is 0 Å². The highest BCUT2D eigenvalue weighted by Crippen LogP contribution is 2.35. The number of nitrogens with one attached hydrogen (secondary N) is 1. The molecule has 2 atom stereocenters. The molecule has 17 heavy (non-hydrogen) atoms. The van der Waals surface area contributed by atoms with Crippen molar-refractivity contribution in [1.29, 1.82) is 0 Å². The first-order valence-corrected chi connectivity index (χ1v) is 6.40.